The van der Waals surface area contributed by atoms with Crippen LogP contribution in [0.3, 0.4) is 0 Å². The monoisotopic (exact) mass is 522 g/mol. The Kier molecular flexibility index (Phi) is 7.11. The molecule has 2 aromatic rings. The summed E-state index contributed by atoms with van der Waals surface area (Å²) < 4.78 is 25.5. The average Bonchev–Trinajstić information content (AvgIpc) is 3.46. The number of halogens is 2. The molecule has 3 heterocycles. The van der Waals surface area contributed by atoms with Gasteiger partial charge in [-0.1, -0.05) is 23.7 Å². The highest BCUT2D eigenvalue weighted by molar-refractivity contribution is 7.11. The van der Waals surface area contributed by atoms with E-state index in [1.807, 2.05) is 0 Å². The number of aromatic nitrogens is 1. The van der Waals surface area contributed by atoms with Crippen LogP contribution in [0.25, 0.3) is 0 Å². The van der Waals surface area contributed by atoms with Gasteiger partial charge in [-0.2, -0.15) is 0 Å². The molecule has 35 heavy (non-hydrogen) atoms. The van der Waals surface area contributed by atoms with Gasteiger partial charge in [-0.05, 0) is 26.8 Å². The van der Waals surface area contributed by atoms with E-state index in [0.29, 0.717) is 10.8 Å². The Morgan fingerprint density at radius 1 is 1.37 bits per heavy atom. The summed E-state index contributed by atoms with van der Waals surface area (Å²) >= 11 is 7.53. The molecule has 1 aromatic heterocycles. The summed E-state index contributed by atoms with van der Waals surface area (Å²) in [6, 6.07) is 2.66. The number of amidine groups is 1. The standard InChI is InChI=1S/C23H24ClFN4O5S/c1-23(2,3)34-22(32)27-11-9-14(33-10-11)18-15(21(30)31)17(12-5-4-6-13(25)16(12)24)28-19(29-18)20-26-7-8-35-20/h4-8,11,14,17H,9-10H2,1-3H3,(H,27,32)(H,28,29)(H,30,31). The van der Waals surface area contributed by atoms with E-state index < -0.39 is 41.7 Å². The van der Waals surface area contributed by atoms with E-state index in [-0.39, 0.29) is 34.9 Å². The van der Waals surface area contributed by atoms with Crippen molar-refractivity contribution in [3.05, 3.63) is 62.5 Å². The third kappa shape index (κ3) is 5.63. The number of aliphatic imine (C=N–C) groups is 1. The van der Waals surface area contributed by atoms with Gasteiger partial charge >= 0.3 is 12.1 Å². The van der Waals surface area contributed by atoms with Crippen LogP contribution in [0, 0.1) is 5.82 Å². The molecule has 12 heteroatoms. The first-order valence-electron chi connectivity index (χ1n) is 10.8. The Morgan fingerprint density at radius 2 is 2.14 bits per heavy atom. The molecule has 0 aliphatic carbocycles. The van der Waals surface area contributed by atoms with E-state index in [9.17, 15) is 19.1 Å². The van der Waals surface area contributed by atoms with E-state index >= 15 is 0 Å². The number of carboxylic acids is 1. The Balaban J connectivity index is 1.69. The smallest absolute Gasteiger partial charge is 0.407 e. The highest BCUT2D eigenvalue weighted by Crippen LogP contribution is 2.39. The molecular weight excluding hydrogens is 499 g/mol. The lowest BCUT2D eigenvalue weighted by molar-refractivity contribution is -0.133. The van der Waals surface area contributed by atoms with Crippen molar-refractivity contribution >= 4 is 40.8 Å². The summed E-state index contributed by atoms with van der Waals surface area (Å²) in [6.07, 6.45) is 0.580. The molecule has 1 aromatic carbocycles. The summed E-state index contributed by atoms with van der Waals surface area (Å²) in [6.45, 7) is 5.42. The Hall–Kier alpha value is -3.02. The fraction of sp³-hybridized carbons (Fsp3) is 0.391. The van der Waals surface area contributed by atoms with Crippen LogP contribution in [0.2, 0.25) is 5.02 Å². The summed E-state index contributed by atoms with van der Waals surface area (Å²) in [5.74, 6) is -1.62. The van der Waals surface area contributed by atoms with Crippen molar-refractivity contribution in [2.45, 2.75) is 51.0 Å². The number of amides is 1. The maximum Gasteiger partial charge on any atom is 0.407 e. The van der Waals surface area contributed by atoms with Gasteiger partial charge in [0, 0.05) is 23.6 Å². The van der Waals surface area contributed by atoms with E-state index in [1.54, 1.807) is 32.3 Å². The molecule has 0 radical (unpaired) electrons. The number of carbonyl (C=O) groups is 2. The molecule has 2 aliphatic rings. The normalized spacial score (nSPS) is 22.4. The largest absolute Gasteiger partial charge is 0.478 e. The second kappa shape index (κ2) is 9.92. The number of carbonyl (C=O) groups excluding carboxylic acids is 1. The molecule has 0 bridgehead atoms. The molecule has 9 nitrogen and oxygen atoms in total. The highest BCUT2D eigenvalue weighted by Gasteiger charge is 2.40. The molecule has 4 rings (SSSR count). The number of hydrogen-bond donors (Lipinski definition) is 3. The summed E-state index contributed by atoms with van der Waals surface area (Å²) in [5, 5.41) is 18.0. The van der Waals surface area contributed by atoms with E-state index in [2.05, 4.69) is 20.6 Å². The van der Waals surface area contributed by atoms with Gasteiger partial charge in [0.05, 0.1) is 28.9 Å². The van der Waals surface area contributed by atoms with E-state index in [1.165, 1.54) is 29.5 Å². The molecule has 1 amide bonds. The van der Waals surface area contributed by atoms with Crippen LogP contribution >= 0.6 is 22.9 Å². The maximum absolute atomic E-state index is 14.3. The lowest BCUT2D eigenvalue weighted by Gasteiger charge is -2.29. The average molecular weight is 523 g/mol. The predicted octanol–water partition coefficient (Wildman–Crippen LogP) is 4.05. The zero-order valence-corrected chi connectivity index (χ0v) is 20.7. The van der Waals surface area contributed by atoms with Crippen LogP contribution in [-0.4, -0.2) is 52.3 Å². The van der Waals surface area contributed by atoms with Crippen molar-refractivity contribution < 1.29 is 28.6 Å². The van der Waals surface area contributed by atoms with Crippen LogP contribution in [0.4, 0.5) is 9.18 Å². The second-order valence-corrected chi connectivity index (χ2v) is 10.3. The third-order valence-electron chi connectivity index (χ3n) is 5.26. The van der Waals surface area contributed by atoms with Gasteiger partial charge < -0.3 is 25.2 Å². The van der Waals surface area contributed by atoms with Crippen molar-refractivity contribution in [3.8, 4) is 0 Å². The topological polar surface area (TPSA) is 122 Å². The van der Waals surface area contributed by atoms with Crippen molar-refractivity contribution in [3.63, 3.8) is 0 Å². The number of alkyl carbamates (subject to hydrolysis) is 1. The van der Waals surface area contributed by atoms with Crippen molar-refractivity contribution in [2.75, 3.05) is 6.61 Å². The SMILES string of the molecule is CC(C)(C)OC(=O)NC1COC(C2=C(C(=O)O)C(c3cccc(F)c3Cl)N=C(c3nccs3)N2)C1. The number of thiazole rings is 1. The first kappa shape index (κ1) is 25.1. The van der Waals surface area contributed by atoms with Crippen LogP contribution in [0.1, 0.15) is 43.8 Å². The van der Waals surface area contributed by atoms with Gasteiger partial charge in [0.25, 0.3) is 0 Å². The summed E-state index contributed by atoms with van der Waals surface area (Å²) in [7, 11) is 0. The van der Waals surface area contributed by atoms with Gasteiger partial charge in [-0.3, -0.25) is 4.99 Å². The van der Waals surface area contributed by atoms with Crippen LogP contribution in [0.15, 0.2) is 46.0 Å². The molecule has 2 aliphatic heterocycles. The van der Waals surface area contributed by atoms with Crippen LogP contribution in [0.5, 0.6) is 0 Å². The molecule has 186 valence electrons. The number of hydrogen-bond acceptors (Lipinski definition) is 8. The first-order valence-corrected chi connectivity index (χ1v) is 12.1. The number of ether oxygens (including phenoxy) is 2. The van der Waals surface area contributed by atoms with Crippen LogP contribution in [-0.2, 0) is 14.3 Å². The number of nitrogens with one attached hydrogen (secondary N) is 2. The van der Waals surface area contributed by atoms with Gasteiger partial charge in [-0.15, -0.1) is 11.3 Å². The molecule has 1 fully saturated rings. The van der Waals surface area contributed by atoms with Crippen LogP contribution < -0.4 is 10.6 Å². The molecule has 1 saturated heterocycles. The minimum Gasteiger partial charge on any atom is -0.478 e. The molecule has 3 N–H and O–H groups in total. The Bertz CT molecular complexity index is 1200. The summed E-state index contributed by atoms with van der Waals surface area (Å²) in [4.78, 5) is 33.5. The highest BCUT2D eigenvalue weighted by atomic mass is 35.5. The molecule has 0 spiro atoms. The van der Waals surface area contributed by atoms with Gasteiger partial charge in [0.1, 0.15) is 23.6 Å². The first-order chi connectivity index (χ1) is 16.5. The molecule has 0 saturated carbocycles. The Labute approximate surface area is 210 Å². The number of benzene rings is 1. The maximum atomic E-state index is 14.3. The minimum atomic E-state index is -1.26. The summed E-state index contributed by atoms with van der Waals surface area (Å²) in [5.41, 5.74) is -0.334. The number of aliphatic carboxylic acids is 1. The van der Waals surface area contributed by atoms with E-state index in [4.69, 9.17) is 21.1 Å². The lowest BCUT2D eigenvalue weighted by Crippen LogP contribution is -2.40. The predicted molar refractivity (Wildman–Crippen MR) is 128 cm³/mol. The Morgan fingerprint density at radius 3 is 2.80 bits per heavy atom. The second-order valence-electron chi connectivity index (χ2n) is 9.02. The zero-order valence-electron chi connectivity index (χ0n) is 19.2. The lowest BCUT2D eigenvalue weighted by atomic mass is 9.92. The number of rotatable bonds is 5. The molecule has 3 unspecified atom stereocenters. The minimum absolute atomic E-state index is 0.124. The van der Waals surface area contributed by atoms with Crippen molar-refractivity contribution in [1.29, 1.82) is 0 Å². The van der Waals surface area contributed by atoms with E-state index in [0.717, 1.165) is 0 Å². The quantitative estimate of drug-likeness (QED) is 0.541. The van der Waals surface area contributed by atoms with Gasteiger partial charge in [0.2, 0.25) is 0 Å². The van der Waals surface area contributed by atoms with Gasteiger partial charge in [0.15, 0.2) is 10.8 Å². The third-order valence-corrected chi connectivity index (χ3v) is 6.43. The zero-order chi connectivity index (χ0) is 25.3. The fourth-order valence-corrected chi connectivity index (χ4v) is 4.68. The van der Waals surface area contributed by atoms with Gasteiger partial charge in [-0.25, -0.2) is 19.0 Å². The molecule has 3 atom stereocenters. The fourth-order valence-electron chi connectivity index (χ4n) is 3.86. The van der Waals surface area contributed by atoms with Crippen molar-refractivity contribution in [2.24, 2.45) is 4.99 Å². The molecular formula is C23H24ClFN4O5S. The number of nitrogens with zero attached hydrogens (tertiary/aromatic N) is 2. The number of carboxylic acid groups (broad SMARTS) is 1. The van der Waals surface area contributed by atoms with Crippen molar-refractivity contribution in [1.82, 2.24) is 15.6 Å².